The first-order valence-corrected chi connectivity index (χ1v) is 13.1. The Morgan fingerprint density at radius 3 is 2.38 bits per heavy atom. The number of hydrogen-bond donors (Lipinski definition) is 3. The summed E-state index contributed by atoms with van der Waals surface area (Å²) in [5, 5.41) is 15.2. The number of ether oxygens (including phenoxy) is 1. The lowest BCUT2D eigenvalue weighted by Crippen LogP contribution is -2.64. The minimum Gasteiger partial charge on any atom is -0.497 e. The van der Waals surface area contributed by atoms with Gasteiger partial charge >= 0.3 is 0 Å². The Morgan fingerprint density at radius 2 is 1.73 bits per heavy atom. The van der Waals surface area contributed by atoms with Crippen LogP contribution in [0.5, 0.6) is 5.75 Å². The third-order valence-electron chi connectivity index (χ3n) is 6.91. The average molecular weight is 506 g/mol. The molecule has 3 rings (SSSR count). The third kappa shape index (κ3) is 7.38. The summed E-state index contributed by atoms with van der Waals surface area (Å²) in [6, 6.07) is 21.4. The summed E-state index contributed by atoms with van der Waals surface area (Å²) in [5.74, 6) is 1.10. The number of nitrogens with zero attached hydrogens (tertiary/aromatic N) is 2. The molecule has 3 aromatic rings. The van der Waals surface area contributed by atoms with Crippen molar-refractivity contribution in [1.82, 2.24) is 14.8 Å². The number of primary amides is 1. The van der Waals surface area contributed by atoms with Gasteiger partial charge in [-0.1, -0.05) is 56.3 Å². The number of nitrogens with one attached hydrogen (secondary N) is 1. The number of hydrogen-bond acceptors (Lipinski definition) is 5. The Kier molecular flexibility index (Phi) is 10.6. The van der Waals surface area contributed by atoms with Gasteiger partial charge in [-0.15, -0.1) is 0 Å². The number of rotatable bonds is 15. The summed E-state index contributed by atoms with van der Waals surface area (Å²) in [5.41, 5.74) is 8.31. The summed E-state index contributed by atoms with van der Waals surface area (Å²) in [4.78, 5) is 16.8. The molecule has 198 valence electrons. The summed E-state index contributed by atoms with van der Waals surface area (Å²) in [6.07, 6.45) is 3.46. The molecule has 0 aliphatic rings. The highest BCUT2D eigenvalue weighted by atomic mass is 16.5. The normalized spacial score (nSPS) is 13.2. The number of aliphatic hydroxyl groups is 1. The predicted molar refractivity (Wildman–Crippen MR) is 150 cm³/mol. The molecule has 2 aromatic carbocycles. The minimum atomic E-state index is -0.664. The zero-order valence-corrected chi connectivity index (χ0v) is 22.3. The van der Waals surface area contributed by atoms with Crippen molar-refractivity contribution in [2.45, 2.75) is 51.8 Å². The van der Waals surface area contributed by atoms with E-state index in [0.29, 0.717) is 29.6 Å². The van der Waals surface area contributed by atoms with Crippen LogP contribution in [0.4, 0.5) is 5.82 Å². The zero-order chi connectivity index (χ0) is 26.7. The van der Waals surface area contributed by atoms with Crippen LogP contribution in [0.25, 0.3) is 0 Å². The largest absolute Gasteiger partial charge is 0.497 e. The molecular weight excluding hydrogens is 464 g/mol. The molecular formula is C30H41N4O3+. The van der Waals surface area contributed by atoms with Crippen LogP contribution >= 0.6 is 0 Å². The van der Waals surface area contributed by atoms with Gasteiger partial charge in [0.05, 0.1) is 20.2 Å². The maximum absolute atomic E-state index is 12.0. The summed E-state index contributed by atoms with van der Waals surface area (Å²) in [6.45, 7) is 6.89. The van der Waals surface area contributed by atoms with Crippen molar-refractivity contribution in [2.75, 3.05) is 26.7 Å². The first-order chi connectivity index (χ1) is 17.9. The van der Waals surface area contributed by atoms with E-state index >= 15 is 0 Å². The number of methoxy groups -OCH3 is 1. The maximum atomic E-state index is 12.0. The van der Waals surface area contributed by atoms with Crippen molar-refractivity contribution < 1.29 is 14.6 Å². The van der Waals surface area contributed by atoms with Gasteiger partial charge in [0.2, 0.25) is 11.7 Å². The molecule has 0 fully saturated rings. The number of carbonyl (C=O) groups is 1. The third-order valence-corrected chi connectivity index (χ3v) is 6.91. The quantitative estimate of drug-likeness (QED) is 0.271. The topological polar surface area (TPSA) is 97.5 Å². The Bertz CT molecular complexity index is 1120. The van der Waals surface area contributed by atoms with Crippen LogP contribution in [0.2, 0.25) is 0 Å². The molecule has 0 saturated heterocycles. The summed E-state index contributed by atoms with van der Waals surface area (Å²) >= 11 is 0. The number of pyridine rings is 1. The lowest BCUT2D eigenvalue weighted by atomic mass is 9.95. The molecule has 4 N–H and O–H groups in total. The Labute approximate surface area is 220 Å². The standard InChI is InChI=1S/C30H40N4O3/c1-4-16-34(17-5-2,29-20-25(30(31)36)14-15-33-29)27(19-23-10-7-6-8-11-23)28(35)22-32-21-24-12-9-13-26(18-24)37-3/h6-15,18,20,27-28,32,35H,4-5,16-17,19,21-22H2,1-3H3,(H-,31,36)/p+1. The Morgan fingerprint density at radius 1 is 1.03 bits per heavy atom. The van der Waals surface area contributed by atoms with Gasteiger partial charge in [-0.25, -0.2) is 4.98 Å². The van der Waals surface area contributed by atoms with Crippen LogP contribution in [0.15, 0.2) is 72.9 Å². The highest BCUT2D eigenvalue weighted by Gasteiger charge is 2.43. The van der Waals surface area contributed by atoms with E-state index in [4.69, 9.17) is 15.5 Å². The summed E-state index contributed by atoms with van der Waals surface area (Å²) < 4.78 is 5.82. The number of aromatic nitrogens is 1. The number of benzene rings is 2. The second kappa shape index (κ2) is 13.9. The number of nitrogens with two attached hydrogens (primary N) is 1. The molecule has 0 spiro atoms. The van der Waals surface area contributed by atoms with E-state index < -0.39 is 12.0 Å². The van der Waals surface area contributed by atoms with Crippen molar-refractivity contribution in [1.29, 1.82) is 0 Å². The Balaban J connectivity index is 1.97. The molecule has 1 aromatic heterocycles. The monoisotopic (exact) mass is 505 g/mol. The van der Waals surface area contributed by atoms with Crippen molar-refractivity contribution in [2.24, 2.45) is 5.73 Å². The highest BCUT2D eigenvalue weighted by Crippen LogP contribution is 2.31. The van der Waals surface area contributed by atoms with Crippen LogP contribution in [0.1, 0.15) is 48.2 Å². The summed E-state index contributed by atoms with van der Waals surface area (Å²) in [7, 11) is 1.66. The number of amides is 1. The molecule has 2 unspecified atom stereocenters. The molecule has 1 amide bonds. The number of aliphatic hydroxyl groups excluding tert-OH is 1. The number of carbonyl (C=O) groups excluding carboxylic acids is 1. The van der Waals surface area contributed by atoms with Crippen molar-refractivity contribution in [3.05, 3.63) is 89.6 Å². The molecule has 1 heterocycles. The van der Waals surface area contributed by atoms with Gasteiger partial charge in [0, 0.05) is 37.3 Å². The second-order valence-corrected chi connectivity index (χ2v) is 9.56. The molecule has 0 aliphatic carbocycles. The molecule has 0 aliphatic heterocycles. The fourth-order valence-corrected chi connectivity index (χ4v) is 5.23. The van der Waals surface area contributed by atoms with Crippen molar-refractivity contribution in [3.63, 3.8) is 0 Å². The maximum Gasteiger partial charge on any atom is 0.249 e. The van der Waals surface area contributed by atoms with E-state index in [1.54, 1.807) is 19.4 Å². The first kappa shape index (κ1) is 28.3. The van der Waals surface area contributed by atoms with Gasteiger partial charge in [-0.05, 0) is 42.2 Å². The van der Waals surface area contributed by atoms with E-state index in [1.165, 1.54) is 0 Å². The van der Waals surface area contributed by atoms with E-state index in [2.05, 4.69) is 31.3 Å². The lowest BCUT2D eigenvalue weighted by molar-refractivity contribution is 0.0493. The van der Waals surface area contributed by atoms with E-state index in [9.17, 15) is 9.90 Å². The van der Waals surface area contributed by atoms with Crippen LogP contribution in [-0.4, -0.2) is 54.9 Å². The van der Waals surface area contributed by atoms with Gasteiger partial charge in [-0.2, -0.15) is 0 Å². The van der Waals surface area contributed by atoms with Crippen LogP contribution < -0.4 is 20.3 Å². The average Bonchev–Trinajstić information content (AvgIpc) is 2.92. The predicted octanol–water partition coefficient (Wildman–Crippen LogP) is 4.08. The van der Waals surface area contributed by atoms with E-state index in [-0.39, 0.29) is 6.04 Å². The molecule has 0 saturated carbocycles. The fourth-order valence-electron chi connectivity index (χ4n) is 5.23. The molecule has 0 radical (unpaired) electrons. The molecule has 37 heavy (non-hydrogen) atoms. The zero-order valence-electron chi connectivity index (χ0n) is 22.3. The van der Waals surface area contributed by atoms with Crippen LogP contribution in [0.3, 0.4) is 0 Å². The van der Waals surface area contributed by atoms with E-state index in [1.807, 2.05) is 48.5 Å². The SMILES string of the molecule is CCC[N+](CCC)(c1cc(C(N)=O)ccn1)C(Cc1ccccc1)C(O)CNCc1cccc(OC)c1. The lowest BCUT2D eigenvalue weighted by Gasteiger charge is -2.45. The van der Waals surface area contributed by atoms with Crippen LogP contribution in [0, 0.1) is 0 Å². The van der Waals surface area contributed by atoms with Gasteiger partial charge in [0.1, 0.15) is 17.9 Å². The van der Waals surface area contributed by atoms with Gasteiger partial charge in [0.25, 0.3) is 0 Å². The van der Waals surface area contributed by atoms with Gasteiger partial charge in [-0.3, -0.25) is 9.28 Å². The van der Waals surface area contributed by atoms with Gasteiger partial charge in [0.15, 0.2) is 0 Å². The minimum absolute atomic E-state index is 0.185. The van der Waals surface area contributed by atoms with Gasteiger partial charge < -0.3 is 20.9 Å². The van der Waals surface area contributed by atoms with Crippen LogP contribution in [-0.2, 0) is 13.0 Å². The Hall–Kier alpha value is -3.26. The second-order valence-electron chi connectivity index (χ2n) is 9.56. The molecule has 7 heteroatoms. The van der Waals surface area contributed by atoms with Crippen molar-refractivity contribution in [3.8, 4) is 5.75 Å². The fraction of sp³-hybridized carbons (Fsp3) is 0.400. The number of quaternary nitrogens is 1. The molecule has 7 nitrogen and oxygen atoms in total. The first-order valence-electron chi connectivity index (χ1n) is 13.1. The molecule has 2 atom stereocenters. The van der Waals surface area contributed by atoms with E-state index in [0.717, 1.165) is 48.6 Å². The smallest absolute Gasteiger partial charge is 0.249 e. The highest BCUT2D eigenvalue weighted by molar-refractivity contribution is 5.93. The van der Waals surface area contributed by atoms with Crippen molar-refractivity contribution >= 4 is 11.7 Å². The molecule has 0 bridgehead atoms.